The Labute approximate surface area is 165 Å². The number of hydrogen-bond acceptors (Lipinski definition) is 6. The lowest BCUT2D eigenvalue weighted by Gasteiger charge is -1.97. The fraction of sp³-hybridized carbons (Fsp3) is 0. The molecule has 0 radical (unpaired) electrons. The van der Waals surface area contributed by atoms with Crippen LogP contribution in [0.15, 0.2) is 81.8 Å². The van der Waals surface area contributed by atoms with Crippen LogP contribution in [0.4, 0.5) is 5.88 Å². The lowest BCUT2D eigenvalue weighted by atomic mass is 10.1. The summed E-state index contributed by atoms with van der Waals surface area (Å²) in [6.45, 7) is 0. The van der Waals surface area contributed by atoms with Gasteiger partial charge in [0.2, 0.25) is 5.90 Å². The number of nitrogens with zero attached hydrogens (tertiary/aromatic N) is 2. The van der Waals surface area contributed by atoms with E-state index < -0.39 is 10.9 Å². The predicted molar refractivity (Wildman–Crippen MR) is 108 cm³/mol. The lowest BCUT2D eigenvalue weighted by molar-refractivity contribution is -0.402. The molecule has 142 valence electrons. The minimum absolute atomic E-state index is 0.232. The van der Waals surface area contributed by atoms with E-state index in [0.29, 0.717) is 5.76 Å². The van der Waals surface area contributed by atoms with Crippen molar-refractivity contribution in [2.24, 2.45) is 4.99 Å². The van der Waals surface area contributed by atoms with Crippen LogP contribution in [0.3, 0.4) is 0 Å². The van der Waals surface area contributed by atoms with E-state index in [4.69, 9.17) is 9.15 Å². The van der Waals surface area contributed by atoms with Gasteiger partial charge in [-0.2, -0.15) is 0 Å². The monoisotopic (exact) mass is 386 g/mol. The van der Waals surface area contributed by atoms with E-state index in [-0.39, 0.29) is 17.5 Å². The molecular weight excluding hydrogens is 372 g/mol. The Hall–Kier alpha value is -4.26. The molecule has 0 unspecified atom stereocenters. The zero-order valence-electron chi connectivity index (χ0n) is 15.0. The minimum atomic E-state index is -0.584. The first kappa shape index (κ1) is 18.1. The van der Waals surface area contributed by atoms with Crippen LogP contribution in [0.5, 0.6) is 0 Å². The van der Waals surface area contributed by atoms with Crippen LogP contribution >= 0.6 is 0 Å². The van der Waals surface area contributed by atoms with Gasteiger partial charge in [-0.15, -0.1) is 0 Å². The van der Waals surface area contributed by atoms with Gasteiger partial charge in [-0.25, -0.2) is 9.79 Å². The van der Waals surface area contributed by atoms with E-state index >= 15 is 0 Å². The zero-order valence-corrected chi connectivity index (χ0v) is 15.0. The summed E-state index contributed by atoms with van der Waals surface area (Å²) in [5.41, 5.74) is 2.63. The summed E-state index contributed by atoms with van der Waals surface area (Å²) in [6.07, 6.45) is 5.07. The number of aliphatic imine (C=N–C) groups is 1. The Morgan fingerprint density at radius 3 is 2.31 bits per heavy atom. The number of hydrogen-bond donors (Lipinski definition) is 0. The number of rotatable bonds is 5. The highest BCUT2D eigenvalue weighted by molar-refractivity contribution is 6.12. The molecule has 7 nitrogen and oxygen atoms in total. The summed E-state index contributed by atoms with van der Waals surface area (Å²) in [5, 5.41) is 10.6. The maximum atomic E-state index is 12.1. The predicted octanol–water partition coefficient (Wildman–Crippen LogP) is 4.70. The second-order valence-corrected chi connectivity index (χ2v) is 6.14. The highest BCUT2D eigenvalue weighted by Gasteiger charge is 2.23. The molecule has 0 bridgehead atoms. The van der Waals surface area contributed by atoms with Crippen LogP contribution in [0, 0.1) is 10.1 Å². The second-order valence-electron chi connectivity index (χ2n) is 6.14. The first-order valence-electron chi connectivity index (χ1n) is 8.69. The van der Waals surface area contributed by atoms with Crippen molar-refractivity contribution in [1.82, 2.24) is 0 Å². The molecule has 29 heavy (non-hydrogen) atoms. The molecule has 0 N–H and O–H groups in total. The molecule has 0 fully saturated rings. The standard InChI is InChI=1S/C22H14N2O5/c25-22-19(23-21(29-22)17-4-2-1-3-5-17)14-16-8-6-15(7-9-16)10-11-18-12-13-20(28-18)24(26)27/h1-14H/b11-10+,19-14+. The van der Waals surface area contributed by atoms with Crippen molar-refractivity contribution >= 4 is 36.0 Å². The van der Waals surface area contributed by atoms with Crippen molar-refractivity contribution in [2.45, 2.75) is 0 Å². The Kier molecular flexibility index (Phi) is 4.86. The fourth-order valence-electron chi connectivity index (χ4n) is 2.68. The Balaban J connectivity index is 1.49. The van der Waals surface area contributed by atoms with Crippen LogP contribution in [0.1, 0.15) is 22.5 Å². The van der Waals surface area contributed by atoms with E-state index in [1.54, 1.807) is 18.2 Å². The molecule has 1 aromatic heterocycles. The van der Waals surface area contributed by atoms with Crippen LogP contribution in [0.25, 0.3) is 18.2 Å². The number of benzene rings is 2. The highest BCUT2D eigenvalue weighted by Crippen LogP contribution is 2.21. The summed E-state index contributed by atoms with van der Waals surface area (Å²) >= 11 is 0. The molecular formula is C22H14N2O5. The SMILES string of the molecule is O=C1OC(c2ccccc2)=N/C1=C/c1ccc(/C=C/c2ccc([N+](=O)[O-])o2)cc1. The van der Waals surface area contributed by atoms with Gasteiger partial charge in [0.1, 0.15) is 10.7 Å². The topological polar surface area (TPSA) is 94.9 Å². The summed E-state index contributed by atoms with van der Waals surface area (Å²) in [5.74, 6) is -0.119. The molecule has 7 heteroatoms. The normalized spacial score (nSPS) is 15.0. The maximum Gasteiger partial charge on any atom is 0.433 e. The largest absolute Gasteiger partial charge is 0.433 e. The van der Waals surface area contributed by atoms with Gasteiger partial charge in [0.15, 0.2) is 5.70 Å². The molecule has 0 spiro atoms. The Morgan fingerprint density at radius 1 is 0.897 bits per heavy atom. The number of esters is 1. The lowest BCUT2D eigenvalue weighted by Crippen LogP contribution is -2.04. The maximum absolute atomic E-state index is 12.1. The summed E-state index contributed by atoms with van der Waals surface area (Å²) in [4.78, 5) is 26.4. The van der Waals surface area contributed by atoms with Gasteiger partial charge < -0.3 is 9.15 Å². The van der Waals surface area contributed by atoms with Gasteiger partial charge in [-0.05, 0) is 41.5 Å². The number of nitro groups is 1. The Morgan fingerprint density at radius 2 is 1.62 bits per heavy atom. The summed E-state index contributed by atoms with van der Waals surface area (Å²) < 4.78 is 10.3. The first-order chi connectivity index (χ1) is 14.1. The van der Waals surface area contributed by atoms with E-state index in [0.717, 1.165) is 16.7 Å². The van der Waals surface area contributed by atoms with E-state index in [1.807, 2.05) is 54.6 Å². The molecule has 3 aromatic rings. The summed E-state index contributed by atoms with van der Waals surface area (Å²) in [7, 11) is 0. The molecule has 1 aliphatic heterocycles. The smallest absolute Gasteiger partial charge is 0.402 e. The number of carbonyl (C=O) groups is 1. The molecule has 0 amide bonds. The molecule has 0 atom stereocenters. The van der Waals surface area contributed by atoms with Crippen LogP contribution in [-0.4, -0.2) is 16.8 Å². The third-order valence-corrected chi connectivity index (χ3v) is 4.11. The average molecular weight is 386 g/mol. The van der Waals surface area contributed by atoms with Crippen molar-refractivity contribution in [2.75, 3.05) is 0 Å². The third kappa shape index (κ3) is 4.19. The highest BCUT2D eigenvalue weighted by atomic mass is 16.6. The van der Waals surface area contributed by atoms with E-state index in [9.17, 15) is 14.9 Å². The van der Waals surface area contributed by atoms with Gasteiger partial charge in [0, 0.05) is 5.56 Å². The second kappa shape index (κ2) is 7.77. The van der Waals surface area contributed by atoms with Gasteiger partial charge >= 0.3 is 11.9 Å². The van der Waals surface area contributed by atoms with Crippen LogP contribution in [-0.2, 0) is 9.53 Å². The van der Waals surface area contributed by atoms with Gasteiger partial charge in [-0.3, -0.25) is 10.1 Å². The minimum Gasteiger partial charge on any atom is -0.402 e. The number of carbonyl (C=O) groups excluding carboxylic acids is 1. The van der Waals surface area contributed by atoms with Crippen molar-refractivity contribution in [1.29, 1.82) is 0 Å². The third-order valence-electron chi connectivity index (χ3n) is 4.11. The average Bonchev–Trinajstić information content (AvgIpc) is 3.35. The fourth-order valence-corrected chi connectivity index (χ4v) is 2.68. The first-order valence-corrected chi connectivity index (χ1v) is 8.69. The zero-order chi connectivity index (χ0) is 20.2. The molecule has 0 saturated heterocycles. The van der Waals surface area contributed by atoms with Crippen LogP contribution < -0.4 is 0 Å². The molecule has 4 rings (SSSR count). The number of furan rings is 1. The molecule has 2 heterocycles. The van der Waals surface area contributed by atoms with Crippen molar-refractivity contribution in [3.05, 3.63) is 105 Å². The number of ether oxygens (including phenoxy) is 1. The molecule has 1 aliphatic rings. The van der Waals surface area contributed by atoms with Crippen molar-refractivity contribution in [3.8, 4) is 0 Å². The number of cyclic esters (lactones) is 1. The Bertz CT molecular complexity index is 1160. The van der Waals surface area contributed by atoms with Crippen molar-refractivity contribution < 1.29 is 18.9 Å². The van der Waals surface area contributed by atoms with Gasteiger partial charge in [0.05, 0.1) is 6.07 Å². The van der Waals surface area contributed by atoms with E-state index in [2.05, 4.69) is 4.99 Å². The van der Waals surface area contributed by atoms with Gasteiger partial charge in [-0.1, -0.05) is 48.5 Å². The van der Waals surface area contributed by atoms with Crippen molar-refractivity contribution in [3.63, 3.8) is 0 Å². The molecule has 0 saturated carbocycles. The summed E-state index contributed by atoms with van der Waals surface area (Å²) in [6, 6.07) is 19.4. The molecule has 0 aliphatic carbocycles. The molecule has 2 aromatic carbocycles. The van der Waals surface area contributed by atoms with Crippen LogP contribution in [0.2, 0.25) is 0 Å². The quantitative estimate of drug-likeness (QED) is 0.274. The van der Waals surface area contributed by atoms with Gasteiger partial charge in [0.25, 0.3) is 0 Å². The van der Waals surface area contributed by atoms with E-state index in [1.165, 1.54) is 12.1 Å².